The number of rotatable bonds is 3. The van der Waals surface area contributed by atoms with Gasteiger partial charge in [-0.05, 0) is 19.8 Å². The van der Waals surface area contributed by atoms with Gasteiger partial charge in [0, 0.05) is 19.2 Å². The second-order valence-electron chi connectivity index (χ2n) is 4.99. The number of carbonyl (C=O) groups is 2. The minimum atomic E-state index is -0.852. The number of hydrogen-bond donors (Lipinski definition) is 1. The Morgan fingerprint density at radius 1 is 1.43 bits per heavy atom. The van der Waals surface area contributed by atoms with E-state index < -0.39 is 16.8 Å². The van der Waals surface area contributed by atoms with E-state index in [0.29, 0.717) is 31.6 Å². The summed E-state index contributed by atoms with van der Waals surface area (Å²) < 4.78 is 0. The van der Waals surface area contributed by atoms with Gasteiger partial charge in [0.1, 0.15) is 6.20 Å². The molecule has 1 aliphatic rings. The highest BCUT2D eigenvalue weighted by molar-refractivity contribution is 5.96. The number of piperidine rings is 1. The monoisotopic (exact) mass is 293 g/mol. The van der Waals surface area contributed by atoms with E-state index in [4.69, 9.17) is 5.11 Å². The number of carboxylic acid groups (broad SMARTS) is 1. The van der Waals surface area contributed by atoms with E-state index in [1.54, 1.807) is 6.92 Å². The van der Waals surface area contributed by atoms with Gasteiger partial charge >= 0.3 is 5.97 Å². The van der Waals surface area contributed by atoms with Crippen molar-refractivity contribution in [2.45, 2.75) is 19.8 Å². The topological polar surface area (TPSA) is 114 Å². The molecule has 0 aliphatic carbocycles. The van der Waals surface area contributed by atoms with Crippen LogP contribution in [0.5, 0.6) is 0 Å². The van der Waals surface area contributed by atoms with Crippen LogP contribution in [0.1, 0.15) is 28.9 Å². The largest absolute Gasteiger partial charge is 0.481 e. The predicted octanol–water partition coefficient (Wildman–Crippen LogP) is 1.24. The van der Waals surface area contributed by atoms with Gasteiger partial charge in [0.05, 0.1) is 22.1 Å². The number of nitro groups is 1. The number of carbonyl (C=O) groups excluding carboxylic acids is 1. The first-order chi connectivity index (χ1) is 9.90. The Morgan fingerprint density at radius 2 is 2.05 bits per heavy atom. The van der Waals surface area contributed by atoms with E-state index >= 15 is 0 Å². The van der Waals surface area contributed by atoms with E-state index in [1.165, 1.54) is 11.0 Å². The van der Waals surface area contributed by atoms with Crippen LogP contribution in [0.3, 0.4) is 0 Å². The molecule has 0 aromatic carbocycles. The maximum Gasteiger partial charge on any atom is 0.306 e. The molecule has 1 aromatic rings. The number of likely N-dealkylation sites (tertiary alicyclic amines) is 1. The van der Waals surface area contributed by atoms with Gasteiger partial charge in [0.2, 0.25) is 0 Å². The fourth-order valence-electron chi connectivity index (χ4n) is 2.34. The summed E-state index contributed by atoms with van der Waals surface area (Å²) in [4.78, 5) is 38.8. The molecule has 8 heteroatoms. The summed E-state index contributed by atoms with van der Waals surface area (Å²) in [6.45, 7) is 2.27. The Hall–Kier alpha value is -2.51. The highest BCUT2D eigenvalue weighted by Gasteiger charge is 2.28. The second kappa shape index (κ2) is 5.86. The molecule has 0 spiro atoms. The molecule has 0 bridgehead atoms. The molecule has 0 atom stereocenters. The third-order valence-corrected chi connectivity index (χ3v) is 3.65. The van der Waals surface area contributed by atoms with Crippen LogP contribution in [0.2, 0.25) is 0 Å². The molecular formula is C13H15N3O5. The van der Waals surface area contributed by atoms with Crippen molar-refractivity contribution in [3.63, 3.8) is 0 Å². The van der Waals surface area contributed by atoms with Crippen LogP contribution >= 0.6 is 0 Å². The number of amides is 1. The van der Waals surface area contributed by atoms with Gasteiger partial charge < -0.3 is 10.0 Å². The number of aromatic nitrogens is 1. The average Bonchev–Trinajstić information content (AvgIpc) is 2.47. The van der Waals surface area contributed by atoms with Crippen LogP contribution in [0, 0.1) is 23.0 Å². The normalized spacial score (nSPS) is 15.8. The van der Waals surface area contributed by atoms with E-state index in [0.717, 1.165) is 6.20 Å². The van der Waals surface area contributed by atoms with Crippen molar-refractivity contribution < 1.29 is 19.6 Å². The van der Waals surface area contributed by atoms with Gasteiger partial charge in [-0.15, -0.1) is 0 Å². The van der Waals surface area contributed by atoms with Gasteiger partial charge in [-0.3, -0.25) is 24.7 Å². The molecule has 1 N–H and O–H groups in total. The maximum atomic E-state index is 12.4. The molecule has 2 rings (SSSR count). The highest BCUT2D eigenvalue weighted by Crippen LogP contribution is 2.21. The van der Waals surface area contributed by atoms with Gasteiger partial charge in [-0.1, -0.05) is 0 Å². The van der Waals surface area contributed by atoms with Crippen LogP contribution in [-0.4, -0.2) is 44.9 Å². The summed E-state index contributed by atoms with van der Waals surface area (Å²) in [6.07, 6.45) is 1.90. The zero-order valence-corrected chi connectivity index (χ0v) is 11.5. The molecule has 1 amide bonds. The van der Waals surface area contributed by atoms with E-state index in [-0.39, 0.29) is 17.2 Å². The number of nitrogens with zero attached hydrogens (tertiary/aromatic N) is 3. The number of carboxylic acids is 1. The molecular weight excluding hydrogens is 278 g/mol. The molecule has 1 saturated heterocycles. The molecule has 0 saturated carbocycles. The molecule has 8 nitrogen and oxygen atoms in total. The van der Waals surface area contributed by atoms with Gasteiger partial charge in [-0.25, -0.2) is 0 Å². The Bertz CT molecular complexity index is 593. The van der Waals surface area contributed by atoms with E-state index in [9.17, 15) is 19.7 Å². The van der Waals surface area contributed by atoms with Crippen molar-refractivity contribution in [2.24, 2.45) is 5.92 Å². The third kappa shape index (κ3) is 3.15. The van der Waals surface area contributed by atoms with Crippen LogP contribution in [0.4, 0.5) is 5.69 Å². The van der Waals surface area contributed by atoms with Crippen LogP contribution in [0.25, 0.3) is 0 Å². The third-order valence-electron chi connectivity index (χ3n) is 3.65. The van der Waals surface area contributed by atoms with Crippen molar-refractivity contribution in [1.82, 2.24) is 9.88 Å². The lowest BCUT2D eigenvalue weighted by Gasteiger charge is -2.30. The Labute approximate surface area is 120 Å². The second-order valence-corrected chi connectivity index (χ2v) is 4.99. The lowest BCUT2D eigenvalue weighted by Crippen LogP contribution is -2.40. The standard InChI is InChI=1S/C13H15N3O5/c1-8-11(6-10(7-14-8)16(20)21)12(17)15-4-2-9(3-5-15)13(18)19/h6-7,9H,2-5H2,1H3,(H,18,19). The fraction of sp³-hybridized carbons (Fsp3) is 0.462. The van der Waals surface area contributed by atoms with Crippen LogP contribution in [-0.2, 0) is 4.79 Å². The van der Waals surface area contributed by atoms with E-state index in [1.807, 2.05) is 0 Å². The summed E-state index contributed by atoms with van der Waals surface area (Å²) in [6, 6.07) is 1.22. The van der Waals surface area contributed by atoms with Crippen molar-refractivity contribution in [3.8, 4) is 0 Å². The smallest absolute Gasteiger partial charge is 0.306 e. The average molecular weight is 293 g/mol. The molecule has 1 aliphatic heterocycles. The Morgan fingerprint density at radius 3 is 2.57 bits per heavy atom. The van der Waals surface area contributed by atoms with Gasteiger partial charge in [0.25, 0.3) is 11.6 Å². The summed E-state index contributed by atoms with van der Waals surface area (Å²) >= 11 is 0. The summed E-state index contributed by atoms with van der Waals surface area (Å²) in [5.41, 5.74) is 0.383. The molecule has 2 heterocycles. The molecule has 1 aromatic heterocycles. The first kappa shape index (κ1) is 14.9. The molecule has 21 heavy (non-hydrogen) atoms. The number of aliphatic carboxylic acids is 1. The molecule has 0 unspecified atom stereocenters. The lowest BCUT2D eigenvalue weighted by molar-refractivity contribution is -0.385. The summed E-state index contributed by atoms with van der Waals surface area (Å²) in [5, 5.41) is 19.7. The van der Waals surface area contributed by atoms with Crippen molar-refractivity contribution in [2.75, 3.05) is 13.1 Å². The minimum absolute atomic E-state index is 0.193. The number of pyridine rings is 1. The number of aryl methyl sites for hydroxylation is 1. The van der Waals surface area contributed by atoms with Crippen LogP contribution < -0.4 is 0 Å². The Balaban J connectivity index is 2.16. The van der Waals surface area contributed by atoms with Crippen LogP contribution in [0.15, 0.2) is 12.3 Å². The first-order valence-electron chi connectivity index (χ1n) is 6.53. The predicted molar refractivity (Wildman–Crippen MR) is 71.9 cm³/mol. The van der Waals surface area contributed by atoms with Gasteiger partial charge in [0.15, 0.2) is 0 Å². The Kier molecular flexibility index (Phi) is 4.15. The summed E-state index contributed by atoms with van der Waals surface area (Å²) in [7, 11) is 0. The fourth-order valence-corrected chi connectivity index (χ4v) is 2.34. The minimum Gasteiger partial charge on any atom is -0.481 e. The zero-order valence-electron chi connectivity index (χ0n) is 11.5. The van der Waals surface area contributed by atoms with E-state index in [2.05, 4.69) is 4.98 Å². The molecule has 1 fully saturated rings. The lowest BCUT2D eigenvalue weighted by atomic mass is 9.96. The number of hydrogen-bond acceptors (Lipinski definition) is 5. The SMILES string of the molecule is Cc1ncc([N+](=O)[O-])cc1C(=O)N1CCC(C(=O)O)CC1. The first-order valence-corrected chi connectivity index (χ1v) is 6.53. The maximum absolute atomic E-state index is 12.4. The quantitative estimate of drug-likeness (QED) is 0.662. The zero-order chi connectivity index (χ0) is 15.6. The van der Waals surface area contributed by atoms with Crippen molar-refractivity contribution in [3.05, 3.63) is 33.6 Å². The molecule has 0 radical (unpaired) electrons. The van der Waals surface area contributed by atoms with Crippen molar-refractivity contribution >= 4 is 17.6 Å². The summed E-state index contributed by atoms with van der Waals surface area (Å²) in [5.74, 6) is -1.62. The van der Waals surface area contributed by atoms with Gasteiger partial charge in [-0.2, -0.15) is 0 Å². The highest BCUT2D eigenvalue weighted by atomic mass is 16.6. The van der Waals surface area contributed by atoms with Crippen molar-refractivity contribution in [1.29, 1.82) is 0 Å². The molecule has 112 valence electrons.